The van der Waals surface area contributed by atoms with Crippen LogP contribution < -0.4 is 0 Å². The molecular weight excluding hydrogens is 348 g/mol. The molecule has 1 N–H and O–H groups in total. The van der Waals surface area contributed by atoms with E-state index < -0.39 is 0 Å². The quantitative estimate of drug-likeness (QED) is 0.545. The van der Waals surface area contributed by atoms with Crippen molar-refractivity contribution in [1.82, 2.24) is 14.8 Å². The number of hydrogen-bond acceptors (Lipinski definition) is 3. The number of aryl methyl sites for hydroxylation is 1. The topological polar surface area (TPSA) is 74.5 Å². The van der Waals surface area contributed by atoms with Crippen LogP contribution >= 0.6 is 0 Å². The second kappa shape index (κ2) is 5.43. The van der Waals surface area contributed by atoms with Gasteiger partial charge in [-0.3, -0.25) is 9.48 Å². The summed E-state index contributed by atoms with van der Waals surface area (Å²) >= 11 is 0. The third kappa shape index (κ3) is 2.12. The Hall–Kier alpha value is -3.65. The van der Waals surface area contributed by atoms with Crippen LogP contribution in [0, 0.1) is 11.3 Å². The van der Waals surface area contributed by atoms with Gasteiger partial charge in [0, 0.05) is 46.4 Å². The van der Waals surface area contributed by atoms with Crippen molar-refractivity contribution in [3.05, 3.63) is 76.7 Å². The zero-order chi connectivity index (χ0) is 19.6. The highest BCUT2D eigenvalue weighted by atomic mass is 16.1. The van der Waals surface area contributed by atoms with Crippen LogP contribution in [-0.2, 0) is 12.5 Å². The van der Waals surface area contributed by atoms with Gasteiger partial charge >= 0.3 is 0 Å². The molecule has 1 aliphatic carbocycles. The summed E-state index contributed by atoms with van der Waals surface area (Å²) in [6.45, 7) is 4.26. The lowest BCUT2D eigenvalue weighted by Gasteiger charge is -2.32. The maximum absolute atomic E-state index is 13.4. The van der Waals surface area contributed by atoms with Crippen LogP contribution in [-0.4, -0.2) is 20.5 Å². The third-order valence-corrected chi connectivity index (χ3v) is 5.76. The van der Waals surface area contributed by atoms with Gasteiger partial charge in [0.15, 0.2) is 5.78 Å². The molecular formula is C23H18N4O. The molecule has 0 unspecified atom stereocenters. The molecule has 0 amide bonds. The minimum atomic E-state index is -0.372. The Morgan fingerprint density at radius 2 is 1.96 bits per heavy atom. The number of aromatic nitrogens is 3. The van der Waals surface area contributed by atoms with E-state index in [1.165, 1.54) is 0 Å². The monoisotopic (exact) mass is 366 g/mol. The predicted octanol–water partition coefficient (Wildman–Crippen LogP) is 4.31. The van der Waals surface area contributed by atoms with Gasteiger partial charge in [0.2, 0.25) is 0 Å². The number of ketones is 1. The van der Waals surface area contributed by atoms with Crippen LogP contribution in [0.1, 0.15) is 46.6 Å². The van der Waals surface area contributed by atoms with E-state index in [0.29, 0.717) is 11.1 Å². The number of carbonyl (C=O) groups excluding carboxylic acids is 1. The Bertz CT molecular complexity index is 1330. The van der Waals surface area contributed by atoms with Gasteiger partial charge in [0.05, 0.1) is 23.4 Å². The number of hydrogen-bond donors (Lipinski definition) is 1. The second-order valence-electron chi connectivity index (χ2n) is 7.86. The average molecular weight is 366 g/mol. The second-order valence-corrected chi connectivity index (χ2v) is 7.86. The van der Waals surface area contributed by atoms with Crippen molar-refractivity contribution in [2.24, 2.45) is 7.05 Å². The fourth-order valence-corrected chi connectivity index (χ4v) is 4.25. The zero-order valence-electron chi connectivity index (χ0n) is 15.9. The number of rotatable bonds is 1. The van der Waals surface area contributed by atoms with Crippen LogP contribution in [0.15, 0.2) is 48.8 Å². The lowest BCUT2D eigenvalue weighted by Crippen LogP contribution is -2.30. The lowest BCUT2D eigenvalue weighted by molar-refractivity contribution is 0.103. The summed E-state index contributed by atoms with van der Waals surface area (Å²) < 4.78 is 1.77. The van der Waals surface area contributed by atoms with Crippen molar-refractivity contribution >= 4 is 16.7 Å². The number of nitriles is 1. The molecule has 0 aliphatic heterocycles. The molecule has 0 atom stereocenters. The largest absolute Gasteiger partial charge is 0.357 e. The number of nitrogens with zero attached hydrogens (tertiary/aromatic N) is 3. The molecule has 0 saturated heterocycles. The Morgan fingerprint density at radius 1 is 1.14 bits per heavy atom. The Morgan fingerprint density at radius 3 is 2.68 bits per heavy atom. The van der Waals surface area contributed by atoms with Gasteiger partial charge in [-0.2, -0.15) is 10.4 Å². The molecule has 4 aromatic rings. The summed E-state index contributed by atoms with van der Waals surface area (Å²) in [5, 5.41) is 14.3. The molecule has 136 valence electrons. The van der Waals surface area contributed by atoms with E-state index in [0.717, 1.165) is 38.9 Å². The zero-order valence-corrected chi connectivity index (χ0v) is 15.9. The number of fused-ring (bicyclic) bond motifs is 4. The molecule has 0 fully saturated rings. The Labute approximate surface area is 162 Å². The van der Waals surface area contributed by atoms with Crippen LogP contribution in [0.5, 0.6) is 0 Å². The molecule has 2 heterocycles. The van der Waals surface area contributed by atoms with Gasteiger partial charge in [-0.1, -0.05) is 32.0 Å². The molecule has 28 heavy (non-hydrogen) atoms. The molecule has 2 aromatic carbocycles. The van der Waals surface area contributed by atoms with Gasteiger partial charge in [-0.05, 0) is 29.3 Å². The van der Waals surface area contributed by atoms with Gasteiger partial charge in [0.1, 0.15) is 0 Å². The first-order valence-corrected chi connectivity index (χ1v) is 9.14. The van der Waals surface area contributed by atoms with Crippen LogP contribution in [0.4, 0.5) is 0 Å². The molecule has 5 heteroatoms. The molecule has 0 saturated carbocycles. The van der Waals surface area contributed by atoms with Gasteiger partial charge in [-0.25, -0.2) is 0 Å². The van der Waals surface area contributed by atoms with E-state index in [-0.39, 0.29) is 11.2 Å². The summed E-state index contributed by atoms with van der Waals surface area (Å²) in [4.78, 5) is 16.8. The van der Waals surface area contributed by atoms with E-state index in [4.69, 9.17) is 0 Å². The first kappa shape index (κ1) is 16.5. The number of carbonyl (C=O) groups is 1. The standard InChI is InChI=1S/C23H18N4O/c1-23(2)18-9-14(15-11-25-27(3)12-15)5-7-16(18)21(28)20-17-6-4-13(10-24)8-19(17)26-22(20)23/h4-9,11-12,26H,1-3H3. The number of H-pyrrole nitrogens is 1. The summed E-state index contributed by atoms with van der Waals surface area (Å²) in [5.41, 5.74) is 6.44. The SMILES string of the molecule is Cn1cc(-c2ccc3c(c2)C(C)(C)c2[nH]c4cc(C#N)ccc4c2C3=O)cn1. The van der Waals surface area contributed by atoms with Gasteiger partial charge in [-0.15, -0.1) is 0 Å². The number of benzene rings is 2. The first-order chi connectivity index (χ1) is 13.4. The fourth-order valence-electron chi connectivity index (χ4n) is 4.25. The maximum Gasteiger partial charge on any atom is 0.195 e. The number of nitrogens with one attached hydrogen (secondary N) is 1. The minimum absolute atomic E-state index is 0.0259. The molecule has 5 rings (SSSR count). The predicted molar refractivity (Wildman–Crippen MR) is 107 cm³/mol. The summed E-state index contributed by atoms with van der Waals surface area (Å²) in [6, 6.07) is 13.6. The van der Waals surface area contributed by atoms with E-state index in [9.17, 15) is 10.1 Å². The molecule has 1 aliphatic rings. The van der Waals surface area contributed by atoms with Crippen molar-refractivity contribution in [3.63, 3.8) is 0 Å². The van der Waals surface area contributed by atoms with Gasteiger partial charge in [0.25, 0.3) is 0 Å². The van der Waals surface area contributed by atoms with E-state index in [2.05, 4.69) is 36.1 Å². The summed E-state index contributed by atoms with van der Waals surface area (Å²) in [5.74, 6) is 0.0259. The van der Waals surface area contributed by atoms with E-state index >= 15 is 0 Å². The highest BCUT2D eigenvalue weighted by Crippen LogP contribution is 2.44. The molecule has 0 bridgehead atoms. The smallest absolute Gasteiger partial charge is 0.195 e. The van der Waals surface area contributed by atoms with Gasteiger partial charge < -0.3 is 4.98 Å². The lowest BCUT2D eigenvalue weighted by atomic mass is 9.70. The summed E-state index contributed by atoms with van der Waals surface area (Å²) in [6.07, 6.45) is 3.80. The van der Waals surface area contributed by atoms with Crippen LogP contribution in [0.2, 0.25) is 0 Å². The fraction of sp³-hybridized carbons (Fsp3) is 0.174. The van der Waals surface area contributed by atoms with E-state index in [1.807, 2.05) is 43.7 Å². The highest BCUT2D eigenvalue weighted by Gasteiger charge is 2.39. The van der Waals surface area contributed by atoms with Crippen LogP contribution in [0.25, 0.3) is 22.0 Å². The van der Waals surface area contributed by atoms with Crippen LogP contribution in [0.3, 0.4) is 0 Å². The average Bonchev–Trinajstić information content (AvgIpc) is 3.29. The van der Waals surface area contributed by atoms with Crippen molar-refractivity contribution in [1.29, 1.82) is 5.26 Å². The molecule has 0 radical (unpaired) electrons. The van der Waals surface area contributed by atoms with Crippen molar-refractivity contribution < 1.29 is 4.79 Å². The Kier molecular flexibility index (Phi) is 3.20. The van der Waals surface area contributed by atoms with E-state index in [1.54, 1.807) is 10.7 Å². The molecule has 0 spiro atoms. The molecule has 2 aromatic heterocycles. The van der Waals surface area contributed by atoms with Crippen molar-refractivity contribution in [2.75, 3.05) is 0 Å². The summed E-state index contributed by atoms with van der Waals surface area (Å²) in [7, 11) is 1.89. The van der Waals surface area contributed by atoms with Crippen molar-refractivity contribution in [3.8, 4) is 17.2 Å². The highest BCUT2D eigenvalue weighted by molar-refractivity contribution is 6.20. The maximum atomic E-state index is 13.4. The van der Waals surface area contributed by atoms with Crippen molar-refractivity contribution in [2.45, 2.75) is 19.3 Å². The minimum Gasteiger partial charge on any atom is -0.357 e. The number of aromatic amines is 1. The Balaban J connectivity index is 1.76. The third-order valence-electron chi connectivity index (χ3n) is 5.76. The normalized spacial score (nSPS) is 14.6. The molecule has 5 nitrogen and oxygen atoms in total. The first-order valence-electron chi connectivity index (χ1n) is 9.14.